The third kappa shape index (κ3) is 4.21. The molecule has 0 amide bonds. The molecule has 1 aromatic rings. The number of hydrogen-bond acceptors (Lipinski definition) is 7. The minimum atomic E-state index is -4.02. The molecule has 2 fully saturated rings. The quantitative estimate of drug-likeness (QED) is 0.341. The van der Waals surface area contributed by atoms with Crippen molar-refractivity contribution in [3.05, 3.63) is 17.2 Å². The van der Waals surface area contributed by atoms with Gasteiger partial charge in [-0.05, 0) is 31.9 Å². The summed E-state index contributed by atoms with van der Waals surface area (Å²) >= 11 is 6.03. The van der Waals surface area contributed by atoms with Crippen molar-refractivity contribution in [2.24, 2.45) is 0 Å². The second kappa shape index (κ2) is 8.45. The minimum absolute atomic E-state index is 0.0310. The van der Waals surface area contributed by atoms with Crippen LogP contribution in [0, 0.1) is 0 Å². The van der Waals surface area contributed by atoms with Gasteiger partial charge in [-0.15, -0.1) is 0 Å². The maximum atomic E-state index is 12.5. The lowest BCUT2D eigenvalue weighted by atomic mass is 9.79. The maximum Gasteiger partial charge on any atom is 0.247 e. The first-order valence-corrected chi connectivity index (χ1v) is 11.9. The number of hydrogen-bond donors (Lipinski definition) is 3. The second-order valence-corrected chi connectivity index (χ2v) is 11.0. The predicted molar refractivity (Wildman–Crippen MR) is 114 cm³/mol. The fraction of sp³-hybridized carbons (Fsp3) is 0.600. The van der Waals surface area contributed by atoms with Crippen LogP contribution in [-0.4, -0.2) is 61.1 Å². The van der Waals surface area contributed by atoms with Crippen LogP contribution in [0.1, 0.15) is 45.4 Å². The number of aromatic hydroxyl groups is 1. The highest BCUT2D eigenvalue weighted by atomic mass is 35.5. The Labute approximate surface area is 182 Å². The Morgan fingerprint density at radius 1 is 1.07 bits per heavy atom. The Bertz CT molecular complexity index is 955. The van der Waals surface area contributed by atoms with E-state index in [1.165, 1.54) is 26.2 Å². The van der Waals surface area contributed by atoms with Crippen LogP contribution in [0.2, 0.25) is 5.02 Å². The molecule has 0 spiro atoms. The van der Waals surface area contributed by atoms with E-state index >= 15 is 0 Å². The summed E-state index contributed by atoms with van der Waals surface area (Å²) in [7, 11) is -1.36. The van der Waals surface area contributed by atoms with E-state index in [0.29, 0.717) is 0 Å². The molecule has 1 aromatic carbocycles. The number of nitrogens with zero attached hydrogens (tertiary/aromatic N) is 1. The van der Waals surface area contributed by atoms with Crippen molar-refractivity contribution in [2.45, 2.75) is 68.0 Å². The first-order chi connectivity index (χ1) is 14.0. The Balaban J connectivity index is 1.86. The van der Waals surface area contributed by atoms with Crippen LogP contribution in [0.5, 0.6) is 5.75 Å². The summed E-state index contributed by atoms with van der Waals surface area (Å²) in [6.45, 7) is 2.06. The Hall–Kier alpha value is -1.68. The van der Waals surface area contributed by atoms with Crippen LogP contribution in [-0.2, 0) is 19.6 Å². The van der Waals surface area contributed by atoms with E-state index in [0.717, 1.165) is 42.8 Å². The monoisotopic (exact) mass is 457 g/mol. The van der Waals surface area contributed by atoms with E-state index in [1.807, 2.05) is 0 Å². The van der Waals surface area contributed by atoms with Gasteiger partial charge < -0.3 is 10.4 Å². The summed E-state index contributed by atoms with van der Waals surface area (Å²) in [6, 6.07) is 1.11. The number of carbonyl (C=O) groups is 2. The van der Waals surface area contributed by atoms with E-state index in [4.69, 9.17) is 11.6 Å². The molecular weight excluding hydrogens is 430 g/mol. The zero-order valence-electron chi connectivity index (χ0n) is 17.4. The van der Waals surface area contributed by atoms with Crippen molar-refractivity contribution >= 4 is 38.9 Å². The van der Waals surface area contributed by atoms with Gasteiger partial charge in [-0.1, -0.05) is 37.3 Å². The second-order valence-electron chi connectivity index (χ2n) is 8.51. The molecule has 2 saturated carbocycles. The predicted octanol–water partition coefficient (Wildman–Crippen LogP) is 2.30. The molecule has 2 aliphatic rings. The first-order valence-electron chi connectivity index (χ1n) is 10.0. The van der Waals surface area contributed by atoms with E-state index in [9.17, 15) is 23.1 Å². The molecule has 0 heterocycles. The van der Waals surface area contributed by atoms with Gasteiger partial charge in [0.15, 0.2) is 5.75 Å². The molecule has 166 valence electrons. The highest BCUT2D eigenvalue weighted by Gasteiger charge is 2.51. The lowest BCUT2D eigenvalue weighted by Gasteiger charge is -2.42. The van der Waals surface area contributed by atoms with Gasteiger partial charge in [0.25, 0.3) is 0 Å². The normalized spacial score (nSPS) is 24.4. The third-order valence-electron chi connectivity index (χ3n) is 5.99. The summed E-state index contributed by atoms with van der Waals surface area (Å²) in [6.07, 6.45) is 6.24. The number of anilines is 1. The molecule has 8 nitrogen and oxygen atoms in total. The summed E-state index contributed by atoms with van der Waals surface area (Å²) in [5.74, 6) is -1.69. The van der Waals surface area contributed by atoms with Crippen LogP contribution in [0.25, 0.3) is 0 Å². The minimum Gasteiger partial charge on any atom is -0.504 e. The molecule has 0 aliphatic heterocycles. The van der Waals surface area contributed by atoms with Gasteiger partial charge >= 0.3 is 0 Å². The number of carbonyl (C=O) groups excluding carboxylic acids is 2. The summed E-state index contributed by atoms with van der Waals surface area (Å²) in [4.78, 5) is 24.1. The molecule has 2 aliphatic carbocycles. The van der Waals surface area contributed by atoms with Crippen LogP contribution in [0.3, 0.4) is 0 Å². The Kier molecular flexibility index (Phi) is 6.48. The van der Waals surface area contributed by atoms with Crippen molar-refractivity contribution < 1.29 is 23.1 Å². The standard InChI is InChI=1S/C20H28ClN3O5S/c1-20(10-6-4-5-7-11-20)23-15-14(17(26)18(15)27)22-13-9-8-12(21)19(16(13)25)30(28,29)24(2)3/h8-9,14-15,22-23,25H,4-7,10-11H2,1-3H3. The highest BCUT2D eigenvalue weighted by molar-refractivity contribution is 7.89. The molecule has 3 N–H and O–H groups in total. The summed E-state index contributed by atoms with van der Waals surface area (Å²) < 4.78 is 26.0. The fourth-order valence-electron chi connectivity index (χ4n) is 4.10. The van der Waals surface area contributed by atoms with Crippen molar-refractivity contribution in [3.63, 3.8) is 0 Å². The topological polar surface area (TPSA) is 116 Å². The molecule has 0 bridgehead atoms. The van der Waals surface area contributed by atoms with Crippen LogP contribution < -0.4 is 10.6 Å². The van der Waals surface area contributed by atoms with Crippen molar-refractivity contribution in [2.75, 3.05) is 19.4 Å². The van der Waals surface area contributed by atoms with Crippen molar-refractivity contribution in [1.29, 1.82) is 0 Å². The molecule has 30 heavy (non-hydrogen) atoms. The van der Waals surface area contributed by atoms with Gasteiger partial charge in [0.2, 0.25) is 21.6 Å². The first kappa shape index (κ1) is 23.0. The number of ketones is 2. The highest BCUT2D eigenvalue weighted by Crippen LogP contribution is 2.39. The number of benzene rings is 1. The Morgan fingerprint density at radius 3 is 2.20 bits per heavy atom. The lowest BCUT2D eigenvalue weighted by Crippen LogP contribution is -2.70. The van der Waals surface area contributed by atoms with Gasteiger partial charge in [0.05, 0.1) is 10.7 Å². The zero-order valence-corrected chi connectivity index (χ0v) is 18.9. The van der Waals surface area contributed by atoms with Crippen molar-refractivity contribution in [1.82, 2.24) is 9.62 Å². The zero-order chi connectivity index (χ0) is 22.3. The largest absolute Gasteiger partial charge is 0.504 e. The number of Topliss-reactive ketones (excluding diaryl/α,β-unsaturated/α-hetero) is 2. The number of phenols is 1. The maximum absolute atomic E-state index is 12.5. The van der Waals surface area contributed by atoms with Gasteiger partial charge in [0.1, 0.15) is 17.0 Å². The van der Waals surface area contributed by atoms with E-state index in [-0.39, 0.29) is 16.2 Å². The van der Waals surface area contributed by atoms with Crippen LogP contribution >= 0.6 is 11.6 Å². The smallest absolute Gasteiger partial charge is 0.247 e. The van der Waals surface area contributed by atoms with Crippen molar-refractivity contribution in [3.8, 4) is 5.75 Å². The van der Waals surface area contributed by atoms with E-state index in [2.05, 4.69) is 17.6 Å². The fourth-order valence-corrected chi connectivity index (χ4v) is 5.58. The third-order valence-corrected chi connectivity index (χ3v) is 8.30. The molecule has 0 saturated heterocycles. The molecule has 0 aromatic heterocycles. The van der Waals surface area contributed by atoms with Gasteiger partial charge in [-0.25, -0.2) is 12.7 Å². The molecule has 0 radical (unpaired) electrons. The molecule has 10 heteroatoms. The molecule has 2 unspecified atom stereocenters. The summed E-state index contributed by atoms with van der Waals surface area (Å²) in [5, 5.41) is 16.7. The van der Waals surface area contributed by atoms with Crippen LogP contribution in [0.4, 0.5) is 5.69 Å². The van der Waals surface area contributed by atoms with E-state index < -0.39 is 44.3 Å². The number of phenolic OH excluding ortho intramolecular Hbond substituents is 1. The molecular formula is C20H28ClN3O5S. The van der Waals surface area contributed by atoms with E-state index in [1.54, 1.807) is 0 Å². The number of sulfonamides is 1. The number of nitrogens with one attached hydrogen (secondary N) is 2. The van der Waals surface area contributed by atoms with Gasteiger partial charge in [-0.3, -0.25) is 14.9 Å². The molecule has 3 rings (SSSR count). The van der Waals surface area contributed by atoms with Gasteiger partial charge in [-0.2, -0.15) is 0 Å². The molecule has 2 atom stereocenters. The average Bonchev–Trinajstić information content (AvgIpc) is 2.90. The SMILES string of the molecule is CN(C)S(=O)(=O)c1c(Cl)ccc(NC2C(=O)C(=O)C2NC2(C)CCCCCC2)c1O. The summed E-state index contributed by atoms with van der Waals surface area (Å²) in [5.41, 5.74) is -0.220. The number of halogens is 1. The number of rotatable bonds is 6. The lowest BCUT2D eigenvalue weighted by molar-refractivity contribution is -0.146. The van der Waals surface area contributed by atoms with Gasteiger partial charge in [0, 0.05) is 19.6 Å². The van der Waals surface area contributed by atoms with Crippen LogP contribution in [0.15, 0.2) is 17.0 Å². The average molecular weight is 458 g/mol. The Morgan fingerprint density at radius 2 is 1.63 bits per heavy atom.